The van der Waals surface area contributed by atoms with Gasteiger partial charge in [0.25, 0.3) is 5.91 Å². The highest BCUT2D eigenvalue weighted by Gasteiger charge is 2.20. The molecule has 0 bridgehead atoms. The van der Waals surface area contributed by atoms with E-state index in [4.69, 9.17) is 5.73 Å². The minimum atomic E-state index is -1.17. The molecule has 0 atom stereocenters. The van der Waals surface area contributed by atoms with E-state index >= 15 is 0 Å². The molecule has 2 rings (SSSR count). The maximum Gasteiger partial charge on any atom is 0.261 e. The van der Waals surface area contributed by atoms with Gasteiger partial charge >= 0.3 is 0 Å². The van der Waals surface area contributed by atoms with Gasteiger partial charge in [0.05, 0.1) is 11.4 Å². The summed E-state index contributed by atoms with van der Waals surface area (Å²) in [4.78, 5) is 11.8. The number of aryl methyl sites for hydroxylation is 1. The zero-order valence-corrected chi connectivity index (χ0v) is 10.5. The molecule has 0 spiro atoms. The monoisotopic (exact) mass is 280 g/mol. The first-order valence-electron chi connectivity index (χ1n) is 5.71. The van der Waals surface area contributed by atoms with Crippen molar-refractivity contribution < 1.29 is 18.0 Å². The number of nitrogens with one attached hydrogen (secondary N) is 1. The average molecular weight is 280 g/mol. The number of hydrogen-bond donors (Lipinski definition) is 2. The summed E-state index contributed by atoms with van der Waals surface area (Å²) < 4.78 is 40.7. The van der Waals surface area contributed by atoms with Gasteiger partial charge in [-0.2, -0.15) is 0 Å². The fraction of sp³-hybridized carbons (Fsp3) is 0.0714. The van der Waals surface area contributed by atoms with Crippen molar-refractivity contribution in [3.8, 4) is 0 Å². The third-order valence-electron chi connectivity index (χ3n) is 2.72. The van der Waals surface area contributed by atoms with Gasteiger partial charge in [0.2, 0.25) is 0 Å². The molecule has 6 heteroatoms. The van der Waals surface area contributed by atoms with Gasteiger partial charge in [-0.25, -0.2) is 13.2 Å². The number of anilines is 2. The Bertz CT molecular complexity index is 686. The summed E-state index contributed by atoms with van der Waals surface area (Å²) in [5.41, 5.74) is 4.56. The van der Waals surface area contributed by atoms with Crippen molar-refractivity contribution in [1.82, 2.24) is 0 Å². The van der Waals surface area contributed by atoms with Gasteiger partial charge in [-0.3, -0.25) is 4.79 Å². The molecule has 3 nitrogen and oxygen atoms in total. The molecule has 20 heavy (non-hydrogen) atoms. The van der Waals surface area contributed by atoms with Crippen LogP contribution < -0.4 is 11.1 Å². The van der Waals surface area contributed by atoms with Gasteiger partial charge in [-0.05, 0) is 36.8 Å². The van der Waals surface area contributed by atoms with Crippen molar-refractivity contribution in [3.63, 3.8) is 0 Å². The number of carbonyl (C=O) groups excluding carboxylic acids is 1. The number of amides is 1. The summed E-state index contributed by atoms with van der Waals surface area (Å²) in [5.74, 6) is -4.03. The number of nitrogens with two attached hydrogens (primary N) is 1. The number of halogens is 3. The van der Waals surface area contributed by atoms with Crippen LogP contribution in [0.15, 0.2) is 30.3 Å². The van der Waals surface area contributed by atoms with Crippen molar-refractivity contribution in [2.75, 3.05) is 11.1 Å². The van der Waals surface area contributed by atoms with Crippen molar-refractivity contribution in [1.29, 1.82) is 0 Å². The first-order chi connectivity index (χ1) is 9.40. The number of hydrogen-bond acceptors (Lipinski definition) is 2. The lowest BCUT2D eigenvalue weighted by Gasteiger charge is -2.09. The quantitative estimate of drug-likeness (QED) is 0.830. The van der Waals surface area contributed by atoms with E-state index < -0.39 is 28.9 Å². The van der Waals surface area contributed by atoms with Crippen LogP contribution in [0.5, 0.6) is 0 Å². The van der Waals surface area contributed by atoms with Crippen LogP contribution in [0.4, 0.5) is 24.5 Å². The second kappa shape index (κ2) is 5.24. The van der Waals surface area contributed by atoms with Crippen LogP contribution in [-0.4, -0.2) is 5.91 Å². The molecule has 0 unspecified atom stereocenters. The molecule has 0 radical (unpaired) electrons. The second-order valence-electron chi connectivity index (χ2n) is 4.26. The topological polar surface area (TPSA) is 55.1 Å². The average Bonchev–Trinajstić information content (AvgIpc) is 2.38. The first kappa shape index (κ1) is 13.9. The predicted molar refractivity (Wildman–Crippen MR) is 69.9 cm³/mol. The van der Waals surface area contributed by atoms with E-state index in [9.17, 15) is 18.0 Å². The Hall–Kier alpha value is -2.50. The second-order valence-corrected chi connectivity index (χ2v) is 4.26. The van der Waals surface area contributed by atoms with E-state index in [0.29, 0.717) is 5.56 Å². The Morgan fingerprint density at radius 3 is 2.45 bits per heavy atom. The summed E-state index contributed by atoms with van der Waals surface area (Å²) in [6.07, 6.45) is 0. The molecule has 2 aromatic rings. The maximum absolute atomic E-state index is 13.7. The first-order valence-corrected chi connectivity index (χ1v) is 5.71. The third kappa shape index (κ3) is 2.59. The lowest BCUT2D eigenvalue weighted by molar-refractivity contribution is 0.101. The normalized spacial score (nSPS) is 10.4. The molecule has 0 saturated heterocycles. The molecule has 2 aromatic carbocycles. The van der Waals surface area contributed by atoms with Crippen molar-refractivity contribution in [2.24, 2.45) is 0 Å². The molecule has 0 aliphatic carbocycles. The molecule has 1 amide bonds. The fourth-order valence-corrected chi connectivity index (χ4v) is 1.68. The van der Waals surface area contributed by atoms with Crippen LogP contribution in [0.3, 0.4) is 0 Å². The molecule has 3 N–H and O–H groups in total. The van der Waals surface area contributed by atoms with E-state index in [2.05, 4.69) is 5.32 Å². The highest BCUT2D eigenvalue weighted by Crippen LogP contribution is 2.21. The number of nitrogen functional groups attached to an aromatic ring is 1. The zero-order valence-electron chi connectivity index (χ0n) is 10.5. The van der Waals surface area contributed by atoms with Crippen LogP contribution in [0.2, 0.25) is 0 Å². The van der Waals surface area contributed by atoms with Crippen LogP contribution in [-0.2, 0) is 0 Å². The molecule has 0 aliphatic heterocycles. The van der Waals surface area contributed by atoms with E-state index in [1.54, 1.807) is 13.0 Å². The minimum Gasteiger partial charge on any atom is -0.396 e. The highest BCUT2D eigenvalue weighted by molar-refractivity contribution is 6.05. The van der Waals surface area contributed by atoms with Crippen molar-refractivity contribution in [2.45, 2.75) is 6.92 Å². The Morgan fingerprint density at radius 1 is 1.10 bits per heavy atom. The molecule has 0 aliphatic rings. The molecule has 0 aromatic heterocycles. The van der Waals surface area contributed by atoms with Crippen LogP contribution >= 0.6 is 0 Å². The van der Waals surface area contributed by atoms with Crippen molar-refractivity contribution >= 4 is 17.3 Å². The van der Waals surface area contributed by atoms with E-state index in [-0.39, 0.29) is 11.4 Å². The SMILES string of the molecule is Cc1ccc(NC(=O)c2c(F)ccc(N)c2F)c(F)c1. The maximum atomic E-state index is 13.7. The molecular formula is C14H11F3N2O. The molecule has 0 heterocycles. The minimum absolute atomic E-state index is 0.165. The van der Waals surface area contributed by atoms with Gasteiger partial charge in [0, 0.05) is 0 Å². The van der Waals surface area contributed by atoms with E-state index in [1.165, 1.54) is 12.1 Å². The van der Waals surface area contributed by atoms with Gasteiger partial charge in [0.1, 0.15) is 17.2 Å². The van der Waals surface area contributed by atoms with Gasteiger partial charge in [-0.15, -0.1) is 0 Å². The lowest BCUT2D eigenvalue weighted by Crippen LogP contribution is -2.17. The standard InChI is InChI=1S/C14H11F3N2O/c1-7-2-5-11(9(16)6-7)19-14(20)12-8(15)3-4-10(18)13(12)17/h2-6H,18H2,1H3,(H,19,20). The number of rotatable bonds is 2. The van der Waals surface area contributed by atoms with Crippen LogP contribution in [0.25, 0.3) is 0 Å². The summed E-state index contributed by atoms with van der Waals surface area (Å²) in [6, 6.07) is 5.95. The van der Waals surface area contributed by atoms with Gasteiger partial charge in [-0.1, -0.05) is 6.07 Å². The Balaban J connectivity index is 2.36. The predicted octanol–water partition coefficient (Wildman–Crippen LogP) is 3.25. The molecule has 0 fully saturated rings. The van der Waals surface area contributed by atoms with Crippen LogP contribution in [0.1, 0.15) is 15.9 Å². The summed E-state index contributed by atoms with van der Waals surface area (Å²) in [5, 5.41) is 2.11. The lowest BCUT2D eigenvalue weighted by atomic mass is 10.1. The summed E-state index contributed by atoms with van der Waals surface area (Å²) >= 11 is 0. The summed E-state index contributed by atoms with van der Waals surface area (Å²) in [6.45, 7) is 1.67. The molecular weight excluding hydrogens is 269 g/mol. The van der Waals surface area contributed by atoms with Crippen LogP contribution in [0, 0.1) is 24.4 Å². The summed E-state index contributed by atoms with van der Waals surface area (Å²) in [7, 11) is 0. The number of benzene rings is 2. The van der Waals surface area contributed by atoms with Gasteiger partial charge < -0.3 is 11.1 Å². The van der Waals surface area contributed by atoms with Gasteiger partial charge in [0.15, 0.2) is 5.82 Å². The third-order valence-corrected chi connectivity index (χ3v) is 2.72. The van der Waals surface area contributed by atoms with Crippen molar-refractivity contribution in [3.05, 3.63) is 58.9 Å². The fourth-order valence-electron chi connectivity index (χ4n) is 1.68. The zero-order chi connectivity index (χ0) is 14.9. The largest absolute Gasteiger partial charge is 0.396 e. The smallest absolute Gasteiger partial charge is 0.261 e. The van der Waals surface area contributed by atoms with E-state index in [0.717, 1.165) is 12.1 Å². The Morgan fingerprint density at radius 2 is 1.80 bits per heavy atom. The van der Waals surface area contributed by atoms with E-state index in [1.807, 2.05) is 0 Å². The Kier molecular flexibility index (Phi) is 3.65. The molecule has 104 valence electrons. The number of carbonyl (C=O) groups is 1. The Labute approximate surface area is 113 Å². The molecule has 0 saturated carbocycles. The highest BCUT2D eigenvalue weighted by atomic mass is 19.1.